The van der Waals surface area contributed by atoms with Gasteiger partial charge in [0.25, 0.3) is 0 Å². The van der Waals surface area contributed by atoms with Gasteiger partial charge < -0.3 is 10.2 Å². The first-order chi connectivity index (χ1) is 15.2. The number of likely N-dealkylation sites (tertiary alicyclic amines) is 1. The maximum atomic E-state index is 13.1. The molecule has 162 valence electrons. The fourth-order valence-corrected chi connectivity index (χ4v) is 4.58. The lowest BCUT2D eigenvalue weighted by Gasteiger charge is -2.35. The van der Waals surface area contributed by atoms with Crippen molar-refractivity contribution >= 4 is 6.03 Å². The number of aromatic nitrogens is 5. The molecule has 3 aromatic heterocycles. The van der Waals surface area contributed by atoms with Crippen LogP contribution < -0.4 is 5.32 Å². The second-order valence-electron chi connectivity index (χ2n) is 8.44. The van der Waals surface area contributed by atoms with Crippen LogP contribution in [0.15, 0.2) is 36.8 Å². The molecule has 0 unspecified atom stereocenters. The molecular formula is C22H28N8O. The number of amides is 2. The molecule has 5 heterocycles. The van der Waals surface area contributed by atoms with Gasteiger partial charge in [-0.25, -0.2) is 4.79 Å². The van der Waals surface area contributed by atoms with Crippen molar-refractivity contribution in [2.45, 2.75) is 38.4 Å². The molecule has 2 aliphatic rings. The van der Waals surface area contributed by atoms with E-state index in [0.717, 1.165) is 67.1 Å². The third-order valence-electron chi connectivity index (χ3n) is 6.16. The van der Waals surface area contributed by atoms with E-state index in [1.165, 1.54) is 0 Å². The Kier molecular flexibility index (Phi) is 5.42. The van der Waals surface area contributed by atoms with Gasteiger partial charge in [0.2, 0.25) is 0 Å². The smallest absolute Gasteiger partial charge is 0.317 e. The number of nitrogens with zero attached hydrogens (tertiary/aromatic N) is 6. The number of pyridine rings is 1. The zero-order valence-corrected chi connectivity index (χ0v) is 17.8. The summed E-state index contributed by atoms with van der Waals surface area (Å²) in [5.41, 5.74) is 5.23. The molecule has 31 heavy (non-hydrogen) atoms. The summed E-state index contributed by atoms with van der Waals surface area (Å²) >= 11 is 0. The van der Waals surface area contributed by atoms with Crippen molar-refractivity contribution in [3.8, 4) is 11.3 Å². The molecule has 9 heteroatoms. The van der Waals surface area contributed by atoms with Crippen molar-refractivity contribution in [1.29, 1.82) is 0 Å². The van der Waals surface area contributed by atoms with Crippen LogP contribution in [-0.2, 0) is 26.6 Å². The average Bonchev–Trinajstić information content (AvgIpc) is 3.40. The van der Waals surface area contributed by atoms with Crippen LogP contribution in [0, 0.1) is 0 Å². The second kappa shape index (κ2) is 8.50. The number of H-pyrrole nitrogens is 1. The van der Waals surface area contributed by atoms with Gasteiger partial charge in [-0.1, -0.05) is 0 Å². The molecular weight excluding hydrogens is 392 g/mol. The number of hydrogen-bond acceptors (Lipinski definition) is 5. The lowest BCUT2D eigenvalue weighted by atomic mass is 10.0. The normalized spacial score (nSPS) is 19.3. The number of carbonyl (C=O) groups is 1. The number of rotatable bonds is 4. The van der Waals surface area contributed by atoms with Crippen LogP contribution in [0.5, 0.6) is 0 Å². The van der Waals surface area contributed by atoms with E-state index in [2.05, 4.69) is 36.6 Å². The highest BCUT2D eigenvalue weighted by Crippen LogP contribution is 2.28. The molecule has 1 atom stereocenters. The van der Waals surface area contributed by atoms with E-state index < -0.39 is 0 Å². The summed E-state index contributed by atoms with van der Waals surface area (Å²) in [6.07, 6.45) is 8.39. The predicted molar refractivity (Wildman–Crippen MR) is 116 cm³/mol. The molecule has 2 N–H and O–H groups in total. The molecule has 0 radical (unpaired) electrons. The highest BCUT2D eigenvalue weighted by Gasteiger charge is 2.28. The lowest BCUT2D eigenvalue weighted by molar-refractivity contribution is 0.159. The molecule has 0 aliphatic carbocycles. The molecule has 1 saturated heterocycles. The highest BCUT2D eigenvalue weighted by molar-refractivity contribution is 5.75. The third-order valence-corrected chi connectivity index (χ3v) is 6.16. The van der Waals surface area contributed by atoms with Crippen molar-refractivity contribution in [3.63, 3.8) is 0 Å². The Labute approximate surface area is 181 Å². The van der Waals surface area contributed by atoms with Gasteiger partial charge in [0, 0.05) is 74.6 Å². The number of carbonyl (C=O) groups excluding carboxylic acids is 1. The number of hydrogen-bond donors (Lipinski definition) is 2. The fraction of sp³-hybridized carbons (Fsp3) is 0.455. The Morgan fingerprint density at radius 2 is 2.13 bits per heavy atom. The summed E-state index contributed by atoms with van der Waals surface area (Å²) < 4.78 is 1.83. The summed E-state index contributed by atoms with van der Waals surface area (Å²) in [6, 6.07) is 6.13. The Morgan fingerprint density at radius 3 is 2.94 bits per heavy atom. The number of aromatic amines is 1. The molecule has 2 aliphatic heterocycles. The van der Waals surface area contributed by atoms with Crippen molar-refractivity contribution < 1.29 is 4.79 Å². The van der Waals surface area contributed by atoms with Crippen LogP contribution in [0.25, 0.3) is 11.3 Å². The van der Waals surface area contributed by atoms with Crippen LogP contribution >= 0.6 is 0 Å². The number of urea groups is 1. The minimum Gasteiger partial charge on any atom is -0.334 e. The number of piperidine rings is 1. The minimum absolute atomic E-state index is 0.0113. The van der Waals surface area contributed by atoms with Gasteiger partial charge in [0.05, 0.1) is 17.9 Å². The first-order valence-corrected chi connectivity index (χ1v) is 10.9. The van der Waals surface area contributed by atoms with Crippen molar-refractivity contribution in [2.75, 3.05) is 19.6 Å². The summed E-state index contributed by atoms with van der Waals surface area (Å²) in [7, 11) is 1.94. The number of fused-ring (bicyclic) bond motifs is 1. The molecule has 3 aromatic rings. The minimum atomic E-state index is 0.0113. The molecule has 1 fully saturated rings. The highest BCUT2D eigenvalue weighted by atomic mass is 16.2. The summed E-state index contributed by atoms with van der Waals surface area (Å²) in [5.74, 6) is 0. The van der Waals surface area contributed by atoms with Gasteiger partial charge in [-0.05, 0) is 37.6 Å². The Bertz CT molecular complexity index is 1040. The van der Waals surface area contributed by atoms with Crippen molar-refractivity contribution in [3.05, 3.63) is 53.7 Å². The maximum Gasteiger partial charge on any atom is 0.317 e. The van der Waals surface area contributed by atoms with Crippen LogP contribution in [-0.4, -0.2) is 66.5 Å². The van der Waals surface area contributed by atoms with E-state index in [1.54, 1.807) is 12.4 Å². The number of aryl methyl sites for hydroxylation is 1. The van der Waals surface area contributed by atoms with Gasteiger partial charge >= 0.3 is 6.03 Å². The molecule has 0 bridgehead atoms. The SMILES string of the molecule is Cn1ccc(CN2CCC[C@@H](NC(=O)N3CCc4[nH]nc(-c5ccncc5)c4C3)C2)n1. The average molecular weight is 421 g/mol. The Balaban J connectivity index is 1.21. The molecule has 0 saturated carbocycles. The van der Waals surface area contributed by atoms with E-state index in [1.807, 2.05) is 35.0 Å². The van der Waals surface area contributed by atoms with Crippen LogP contribution in [0.3, 0.4) is 0 Å². The van der Waals surface area contributed by atoms with Crippen LogP contribution in [0.1, 0.15) is 29.8 Å². The maximum absolute atomic E-state index is 13.1. The lowest BCUT2D eigenvalue weighted by Crippen LogP contribution is -2.52. The Morgan fingerprint density at radius 1 is 1.26 bits per heavy atom. The molecule has 9 nitrogen and oxygen atoms in total. The van der Waals surface area contributed by atoms with Crippen molar-refractivity contribution in [1.82, 2.24) is 40.1 Å². The zero-order chi connectivity index (χ0) is 21.2. The largest absolute Gasteiger partial charge is 0.334 e. The van der Waals surface area contributed by atoms with E-state index >= 15 is 0 Å². The summed E-state index contributed by atoms with van der Waals surface area (Å²) in [6.45, 7) is 3.99. The number of nitrogens with one attached hydrogen (secondary N) is 2. The van der Waals surface area contributed by atoms with Crippen molar-refractivity contribution in [2.24, 2.45) is 7.05 Å². The quantitative estimate of drug-likeness (QED) is 0.673. The van der Waals surface area contributed by atoms with Gasteiger partial charge in [0.1, 0.15) is 0 Å². The van der Waals surface area contributed by atoms with Gasteiger partial charge in [-0.15, -0.1) is 0 Å². The first-order valence-electron chi connectivity index (χ1n) is 10.9. The molecule has 5 rings (SSSR count). The first kappa shape index (κ1) is 19.7. The fourth-order valence-electron chi connectivity index (χ4n) is 4.58. The summed E-state index contributed by atoms with van der Waals surface area (Å²) in [5, 5.41) is 15.4. The van der Waals surface area contributed by atoms with E-state index in [-0.39, 0.29) is 12.1 Å². The third kappa shape index (κ3) is 4.32. The zero-order valence-electron chi connectivity index (χ0n) is 17.8. The van der Waals surface area contributed by atoms with Crippen LogP contribution in [0.2, 0.25) is 0 Å². The molecule has 0 aromatic carbocycles. The summed E-state index contributed by atoms with van der Waals surface area (Å²) in [4.78, 5) is 21.4. The standard InChI is InChI=1S/C22H28N8O/c1-28-11-6-18(27-28)14-29-10-2-3-17(13-29)24-22(31)30-12-7-20-19(15-30)21(26-25-20)16-4-8-23-9-5-16/h4-6,8-9,11,17H,2-3,7,10,12-15H2,1H3,(H,24,31)(H,25,26)/t17-/m1/s1. The van der Waals surface area contributed by atoms with Gasteiger partial charge in [-0.3, -0.25) is 19.7 Å². The monoisotopic (exact) mass is 420 g/mol. The predicted octanol–water partition coefficient (Wildman–Crippen LogP) is 1.94. The Hall–Kier alpha value is -3.20. The van der Waals surface area contributed by atoms with E-state index in [9.17, 15) is 4.79 Å². The second-order valence-corrected chi connectivity index (χ2v) is 8.44. The topological polar surface area (TPSA) is 95.0 Å². The molecule has 2 amide bonds. The van der Waals surface area contributed by atoms with Gasteiger partial charge in [0.15, 0.2) is 0 Å². The van der Waals surface area contributed by atoms with E-state index in [0.29, 0.717) is 13.1 Å². The molecule has 0 spiro atoms. The van der Waals surface area contributed by atoms with Gasteiger partial charge in [-0.2, -0.15) is 10.2 Å². The van der Waals surface area contributed by atoms with Crippen LogP contribution in [0.4, 0.5) is 4.79 Å². The van der Waals surface area contributed by atoms with E-state index in [4.69, 9.17) is 0 Å².